The van der Waals surface area contributed by atoms with E-state index in [1.165, 1.54) is 27.4 Å². The van der Waals surface area contributed by atoms with Crippen molar-refractivity contribution < 1.29 is 4.74 Å². The van der Waals surface area contributed by atoms with Gasteiger partial charge in [0, 0.05) is 29.9 Å². The summed E-state index contributed by atoms with van der Waals surface area (Å²) in [6, 6.07) is 31.5. The van der Waals surface area contributed by atoms with Gasteiger partial charge in [0.1, 0.15) is 11.4 Å². The molecule has 3 heteroatoms. The molecular formula is C26H22N2O. The van der Waals surface area contributed by atoms with Crippen molar-refractivity contribution in [3.8, 4) is 5.75 Å². The van der Waals surface area contributed by atoms with Crippen LogP contribution in [0, 0.1) is 0 Å². The van der Waals surface area contributed by atoms with Crippen LogP contribution in [0.15, 0.2) is 97.2 Å². The molecule has 5 rings (SSSR count). The van der Waals surface area contributed by atoms with Gasteiger partial charge in [-0.2, -0.15) is 0 Å². The van der Waals surface area contributed by atoms with Gasteiger partial charge < -0.3 is 9.30 Å². The maximum absolute atomic E-state index is 5.92. The van der Waals surface area contributed by atoms with Crippen molar-refractivity contribution in [1.82, 2.24) is 9.55 Å². The lowest BCUT2D eigenvalue weighted by Gasteiger charge is -2.09. The average Bonchev–Trinajstić information content (AvgIpc) is 3.10. The fourth-order valence-electron chi connectivity index (χ4n) is 3.84. The Hall–Kier alpha value is -3.59. The number of nitrogens with zero attached hydrogens (tertiary/aromatic N) is 2. The quantitative estimate of drug-likeness (QED) is 0.370. The Labute approximate surface area is 170 Å². The molecule has 0 saturated carbocycles. The predicted octanol–water partition coefficient (Wildman–Crippen LogP) is 5.86. The molecule has 29 heavy (non-hydrogen) atoms. The van der Waals surface area contributed by atoms with Gasteiger partial charge in [0.2, 0.25) is 0 Å². The zero-order valence-electron chi connectivity index (χ0n) is 16.2. The lowest BCUT2D eigenvalue weighted by Crippen LogP contribution is -2.02. The van der Waals surface area contributed by atoms with E-state index in [4.69, 9.17) is 4.74 Å². The first-order valence-corrected chi connectivity index (χ1v) is 9.96. The summed E-state index contributed by atoms with van der Waals surface area (Å²) < 4.78 is 8.21. The van der Waals surface area contributed by atoms with E-state index in [-0.39, 0.29) is 0 Å². The molecule has 5 aromatic rings. The van der Waals surface area contributed by atoms with Gasteiger partial charge in [0.15, 0.2) is 0 Å². The third kappa shape index (κ3) is 3.59. The first-order chi connectivity index (χ1) is 14.4. The lowest BCUT2D eigenvalue weighted by molar-refractivity contribution is 0.322. The number of aromatic nitrogens is 2. The standard InChI is InChI=1S/C26H22N2O/c1-2-7-20(8-3-1)16-18-29-22-14-12-21(13-15-22)19-28-25-11-5-4-9-23(25)24-10-6-17-27-26(24)28/h1-15,17H,16,18-19H2. The molecular weight excluding hydrogens is 356 g/mol. The third-order valence-electron chi connectivity index (χ3n) is 5.29. The number of para-hydroxylation sites is 1. The molecule has 142 valence electrons. The predicted molar refractivity (Wildman–Crippen MR) is 118 cm³/mol. The van der Waals surface area contributed by atoms with Crippen molar-refractivity contribution in [2.24, 2.45) is 0 Å². The summed E-state index contributed by atoms with van der Waals surface area (Å²) in [6.45, 7) is 1.46. The van der Waals surface area contributed by atoms with Crippen LogP contribution in [-0.4, -0.2) is 16.2 Å². The lowest BCUT2D eigenvalue weighted by atomic mass is 10.2. The van der Waals surface area contributed by atoms with Gasteiger partial charge in [-0.3, -0.25) is 0 Å². The normalized spacial score (nSPS) is 11.2. The van der Waals surface area contributed by atoms with Crippen LogP contribution in [0.4, 0.5) is 0 Å². The molecule has 0 N–H and O–H groups in total. The number of hydrogen-bond donors (Lipinski definition) is 0. The van der Waals surface area contributed by atoms with E-state index < -0.39 is 0 Å². The molecule has 2 aromatic heterocycles. The topological polar surface area (TPSA) is 27.1 Å². The van der Waals surface area contributed by atoms with Gasteiger partial charge >= 0.3 is 0 Å². The minimum absolute atomic E-state index is 0.681. The largest absolute Gasteiger partial charge is 0.493 e. The third-order valence-corrected chi connectivity index (χ3v) is 5.29. The second-order valence-corrected chi connectivity index (χ2v) is 7.21. The maximum Gasteiger partial charge on any atom is 0.141 e. The summed E-state index contributed by atoms with van der Waals surface area (Å²) in [4.78, 5) is 4.64. The molecule has 0 spiro atoms. The number of ether oxygens (including phenoxy) is 1. The molecule has 0 atom stereocenters. The summed E-state index contributed by atoms with van der Waals surface area (Å²) in [7, 11) is 0. The molecule has 2 heterocycles. The van der Waals surface area contributed by atoms with Gasteiger partial charge in [0.25, 0.3) is 0 Å². The molecule has 0 saturated heterocycles. The van der Waals surface area contributed by atoms with Crippen LogP contribution in [0.25, 0.3) is 21.9 Å². The van der Waals surface area contributed by atoms with Crippen LogP contribution in [0.5, 0.6) is 5.75 Å². The molecule has 0 amide bonds. The summed E-state index contributed by atoms with van der Waals surface area (Å²) in [5.74, 6) is 0.907. The van der Waals surface area contributed by atoms with Crippen LogP contribution in [0.1, 0.15) is 11.1 Å². The van der Waals surface area contributed by atoms with Crippen molar-refractivity contribution in [2.45, 2.75) is 13.0 Å². The Kier molecular flexibility index (Phi) is 4.71. The maximum atomic E-state index is 5.92. The molecule has 0 unspecified atom stereocenters. The van der Waals surface area contributed by atoms with Crippen molar-refractivity contribution in [1.29, 1.82) is 0 Å². The van der Waals surface area contributed by atoms with Crippen LogP contribution in [0.3, 0.4) is 0 Å². The average molecular weight is 378 g/mol. The van der Waals surface area contributed by atoms with Gasteiger partial charge in [-0.25, -0.2) is 4.98 Å². The summed E-state index contributed by atoms with van der Waals surface area (Å²) in [5, 5.41) is 2.44. The number of benzene rings is 3. The zero-order chi connectivity index (χ0) is 19.5. The Bertz CT molecular complexity index is 1190. The summed E-state index contributed by atoms with van der Waals surface area (Å²) in [5.41, 5.74) is 4.76. The zero-order valence-corrected chi connectivity index (χ0v) is 16.2. The van der Waals surface area contributed by atoms with E-state index in [1.54, 1.807) is 0 Å². The van der Waals surface area contributed by atoms with Crippen molar-refractivity contribution in [3.05, 3.63) is 108 Å². The Morgan fingerprint density at radius 1 is 0.690 bits per heavy atom. The number of hydrogen-bond acceptors (Lipinski definition) is 2. The Balaban J connectivity index is 1.33. The number of pyridine rings is 1. The molecule has 3 aromatic carbocycles. The molecule has 0 aliphatic rings. The highest BCUT2D eigenvalue weighted by molar-refractivity contribution is 6.06. The van der Waals surface area contributed by atoms with Crippen molar-refractivity contribution >= 4 is 21.9 Å². The number of rotatable bonds is 6. The van der Waals surface area contributed by atoms with E-state index in [0.29, 0.717) is 6.61 Å². The fraction of sp³-hybridized carbons (Fsp3) is 0.115. The summed E-state index contributed by atoms with van der Waals surface area (Å²) >= 11 is 0. The summed E-state index contributed by atoms with van der Waals surface area (Å²) in [6.07, 6.45) is 2.77. The van der Waals surface area contributed by atoms with Crippen molar-refractivity contribution in [3.63, 3.8) is 0 Å². The molecule has 0 bridgehead atoms. The first kappa shape index (κ1) is 17.5. The smallest absolute Gasteiger partial charge is 0.141 e. The fourth-order valence-corrected chi connectivity index (χ4v) is 3.84. The van der Waals surface area contributed by atoms with Crippen LogP contribution in [0.2, 0.25) is 0 Å². The monoisotopic (exact) mass is 378 g/mol. The van der Waals surface area contributed by atoms with Crippen LogP contribution < -0.4 is 4.74 Å². The van der Waals surface area contributed by atoms with Gasteiger partial charge in [-0.05, 0) is 41.5 Å². The van der Waals surface area contributed by atoms with Crippen LogP contribution >= 0.6 is 0 Å². The highest BCUT2D eigenvalue weighted by Gasteiger charge is 2.11. The minimum atomic E-state index is 0.681. The van der Waals surface area contributed by atoms with E-state index in [2.05, 4.69) is 88.4 Å². The van der Waals surface area contributed by atoms with Gasteiger partial charge in [-0.15, -0.1) is 0 Å². The van der Waals surface area contributed by atoms with E-state index in [0.717, 1.165) is 24.4 Å². The molecule has 0 radical (unpaired) electrons. The minimum Gasteiger partial charge on any atom is -0.493 e. The Morgan fingerprint density at radius 2 is 1.45 bits per heavy atom. The molecule has 0 aliphatic heterocycles. The van der Waals surface area contributed by atoms with Crippen molar-refractivity contribution in [2.75, 3.05) is 6.61 Å². The van der Waals surface area contributed by atoms with Gasteiger partial charge in [0.05, 0.1) is 12.1 Å². The highest BCUT2D eigenvalue weighted by Crippen LogP contribution is 2.28. The van der Waals surface area contributed by atoms with E-state index in [1.807, 2.05) is 18.3 Å². The Morgan fingerprint density at radius 3 is 2.31 bits per heavy atom. The molecule has 0 fully saturated rings. The van der Waals surface area contributed by atoms with E-state index in [9.17, 15) is 0 Å². The van der Waals surface area contributed by atoms with Crippen LogP contribution in [-0.2, 0) is 13.0 Å². The SMILES string of the molecule is c1ccc(CCOc2ccc(Cn3c4ccccc4c4cccnc43)cc2)cc1. The number of fused-ring (bicyclic) bond motifs is 3. The second kappa shape index (κ2) is 7.80. The molecule has 0 aliphatic carbocycles. The second-order valence-electron chi connectivity index (χ2n) is 7.21. The van der Waals surface area contributed by atoms with E-state index >= 15 is 0 Å². The first-order valence-electron chi connectivity index (χ1n) is 9.96. The van der Waals surface area contributed by atoms with Gasteiger partial charge in [-0.1, -0.05) is 60.7 Å². The highest BCUT2D eigenvalue weighted by atomic mass is 16.5. The molecule has 3 nitrogen and oxygen atoms in total.